The Kier molecular flexibility index (Phi) is 3.66. The van der Waals surface area contributed by atoms with Crippen molar-refractivity contribution in [1.29, 1.82) is 0 Å². The number of nitrogens with one attached hydrogen (secondary N) is 1. The summed E-state index contributed by atoms with van der Waals surface area (Å²) < 4.78 is 0. The lowest BCUT2D eigenvalue weighted by Crippen LogP contribution is -2.42. The topological polar surface area (TPSA) is 62.3 Å². The lowest BCUT2D eigenvalue weighted by atomic mass is 10.2. The first kappa shape index (κ1) is 15.0. The minimum Gasteiger partial charge on any atom is -0.323 e. The Hall–Kier alpha value is -2.51. The van der Waals surface area contributed by atoms with Gasteiger partial charge in [-0.1, -0.05) is 12.1 Å². The molecule has 3 aromatic rings. The summed E-state index contributed by atoms with van der Waals surface area (Å²) >= 11 is 2.96. The summed E-state index contributed by atoms with van der Waals surface area (Å²) in [5, 5.41) is 7.62. The number of anilines is 2. The van der Waals surface area contributed by atoms with E-state index < -0.39 is 0 Å². The van der Waals surface area contributed by atoms with E-state index in [2.05, 4.69) is 10.3 Å². The van der Waals surface area contributed by atoms with Crippen LogP contribution in [0.2, 0.25) is 0 Å². The summed E-state index contributed by atoms with van der Waals surface area (Å²) in [5.41, 5.74) is 3.08. The van der Waals surface area contributed by atoms with Crippen molar-refractivity contribution in [3.05, 3.63) is 51.7 Å². The molecule has 24 heavy (non-hydrogen) atoms. The van der Waals surface area contributed by atoms with Gasteiger partial charge in [-0.3, -0.25) is 14.5 Å². The highest BCUT2D eigenvalue weighted by Gasteiger charge is 2.29. The smallest absolute Gasteiger partial charge is 0.270 e. The first-order valence-electron chi connectivity index (χ1n) is 7.34. The fraction of sp³-hybridized carbons (Fsp3) is 0.118. The summed E-state index contributed by atoms with van der Waals surface area (Å²) in [6, 6.07) is 9.30. The van der Waals surface area contributed by atoms with Crippen molar-refractivity contribution in [3.63, 3.8) is 0 Å². The van der Waals surface area contributed by atoms with Gasteiger partial charge in [-0.2, -0.15) is 11.3 Å². The number of carbonyl (C=O) groups is 2. The number of nitrogens with zero attached hydrogens (tertiary/aromatic N) is 2. The van der Waals surface area contributed by atoms with Gasteiger partial charge in [-0.15, -0.1) is 11.3 Å². The number of para-hydroxylation sites is 2. The average Bonchev–Trinajstić information content (AvgIpc) is 3.22. The Morgan fingerprint density at radius 3 is 2.92 bits per heavy atom. The molecule has 0 aliphatic carbocycles. The van der Waals surface area contributed by atoms with Gasteiger partial charge in [0.2, 0.25) is 5.91 Å². The highest BCUT2D eigenvalue weighted by atomic mass is 32.1. The van der Waals surface area contributed by atoms with Gasteiger partial charge in [-0.05, 0) is 30.5 Å². The predicted molar refractivity (Wildman–Crippen MR) is 96.9 cm³/mol. The van der Waals surface area contributed by atoms with Crippen LogP contribution in [0, 0.1) is 6.92 Å². The first-order valence-corrected chi connectivity index (χ1v) is 9.10. The Bertz CT molecular complexity index is 931. The largest absolute Gasteiger partial charge is 0.323 e. The Morgan fingerprint density at radius 2 is 2.12 bits per heavy atom. The molecule has 5 nitrogen and oxygen atoms in total. The van der Waals surface area contributed by atoms with Crippen LogP contribution in [0.25, 0.3) is 10.6 Å². The maximum atomic E-state index is 13.0. The molecule has 0 unspecified atom stereocenters. The van der Waals surface area contributed by atoms with Crippen LogP contribution in [0.15, 0.2) is 41.1 Å². The molecule has 0 bridgehead atoms. The number of rotatable bonds is 2. The molecule has 120 valence electrons. The molecule has 0 atom stereocenters. The van der Waals surface area contributed by atoms with E-state index in [9.17, 15) is 9.59 Å². The number of hydrogen-bond acceptors (Lipinski definition) is 5. The monoisotopic (exact) mass is 355 g/mol. The second-order valence-electron chi connectivity index (χ2n) is 5.40. The third-order valence-electron chi connectivity index (χ3n) is 3.77. The van der Waals surface area contributed by atoms with E-state index in [1.165, 1.54) is 16.2 Å². The fourth-order valence-electron chi connectivity index (χ4n) is 2.64. The minimum atomic E-state index is -0.192. The summed E-state index contributed by atoms with van der Waals surface area (Å²) in [4.78, 5) is 31.6. The van der Waals surface area contributed by atoms with Crippen molar-refractivity contribution in [2.45, 2.75) is 6.92 Å². The number of thiazole rings is 1. The number of fused-ring (bicyclic) bond motifs is 1. The Balaban J connectivity index is 1.73. The fourth-order valence-corrected chi connectivity index (χ4v) is 4.37. The van der Waals surface area contributed by atoms with E-state index in [1.54, 1.807) is 17.4 Å². The van der Waals surface area contributed by atoms with Gasteiger partial charge in [0, 0.05) is 10.9 Å². The normalized spacial score (nSPS) is 13.5. The van der Waals surface area contributed by atoms with Crippen molar-refractivity contribution >= 4 is 45.9 Å². The number of amides is 2. The van der Waals surface area contributed by atoms with Gasteiger partial charge in [0.1, 0.15) is 16.4 Å². The van der Waals surface area contributed by atoms with Crippen molar-refractivity contribution in [1.82, 2.24) is 4.98 Å². The van der Waals surface area contributed by atoms with Gasteiger partial charge < -0.3 is 5.32 Å². The maximum absolute atomic E-state index is 13.0. The third kappa shape index (κ3) is 2.51. The zero-order chi connectivity index (χ0) is 16.7. The third-order valence-corrected chi connectivity index (χ3v) is 5.65. The standard InChI is InChI=1S/C17H13N3O2S2/c1-10-15(24-16(18-10)11-6-7-23-9-11)17(22)20-8-14(21)19-12-4-2-3-5-13(12)20/h2-7,9H,8H2,1H3,(H,19,21). The predicted octanol–water partition coefficient (Wildman–Crippen LogP) is 3.78. The lowest BCUT2D eigenvalue weighted by Gasteiger charge is -2.28. The van der Waals surface area contributed by atoms with E-state index in [-0.39, 0.29) is 18.4 Å². The molecule has 0 spiro atoms. The van der Waals surface area contributed by atoms with Crippen molar-refractivity contribution in [3.8, 4) is 10.6 Å². The van der Waals surface area contributed by atoms with Crippen LogP contribution >= 0.6 is 22.7 Å². The van der Waals surface area contributed by atoms with Crippen molar-refractivity contribution < 1.29 is 9.59 Å². The Labute approximate surface area is 146 Å². The molecular formula is C17H13N3O2S2. The van der Waals surface area contributed by atoms with Crippen molar-refractivity contribution in [2.24, 2.45) is 0 Å². The molecule has 3 heterocycles. The van der Waals surface area contributed by atoms with Crippen LogP contribution in [-0.4, -0.2) is 23.3 Å². The molecule has 1 aromatic carbocycles. The summed E-state index contributed by atoms with van der Waals surface area (Å²) in [5.74, 6) is -0.379. The van der Waals surface area contributed by atoms with E-state index in [4.69, 9.17) is 0 Å². The molecule has 4 rings (SSSR count). The highest BCUT2D eigenvalue weighted by Crippen LogP contribution is 2.34. The van der Waals surface area contributed by atoms with Crippen LogP contribution in [0.1, 0.15) is 15.4 Å². The Morgan fingerprint density at radius 1 is 1.29 bits per heavy atom. The first-order chi connectivity index (χ1) is 11.6. The second kappa shape index (κ2) is 5.85. The number of thiophene rings is 1. The number of carbonyl (C=O) groups excluding carboxylic acids is 2. The van der Waals surface area contributed by atoms with Crippen LogP contribution in [0.5, 0.6) is 0 Å². The van der Waals surface area contributed by atoms with E-state index >= 15 is 0 Å². The summed E-state index contributed by atoms with van der Waals surface area (Å²) in [6.45, 7) is 1.84. The summed E-state index contributed by atoms with van der Waals surface area (Å²) in [7, 11) is 0. The quantitative estimate of drug-likeness (QED) is 0.761. The van der Waals surface area contributed by atoms with Crippen LogP contribution in [0.3, 0.4) is 0 Å². The molecule has 0 saturated carbocycles. The van der Waals surface area contributed by atoms with Gasteiger partial charge in [0.25, 0.3) is 5.91 Å². The average molecular weight is 355 g/mol. The molecule has 0 fully saturated rings. The van der Waals surface area contributed by atoms with Crippen LogP contribution in [0.4, 0.5) is 11.4 Å². The van der Waals surface area contributed by atoms with E-state index in [1.807, 2.05) is 41.9 Å². The molecule has 0 radical (unpaired) electrons. The molecule has 1 aliphatic rings. The zero-order valence-corrected chi connectivity index (χ0v) is 14.4. The lowest BCUT2D eigenvalue weighted by molar-refractivity contribution is -0.115. The SMILES string of the molecule is Cc1nc(-c2ccsc2)sc1C(=O)N1CC(=O)Nc2ccccc21. The van der Waals surface area contributed by atoms with Crippen LogP contribution < -0.4 is 10.2 Å². The molecule has 1 N–H and O–H groups in total. The van der Waals surface area contributed by atoms with Gasteiger partial charge in [0.05, 0.1) is 17.1 Å². The number of benzene rings is 1. The second-order valence-corrected chi connectivity index (χ2v) is 7.18. The summed E-state index contributed by atoms with van der Waals surface area (Å²) in [6.07, 6.45) is 0. The van der Waals surface area contributed by atoms with Crippen LogP contribution in [-0.2, 0) is 4.79 Å². The van der Waals surface area contributed by atoms with E-state index in [0.29, 0.717) is 21.9 Å². The molecule has 2 aromatic heterocycles. The molecule has 0 saturated heterocycles. The molecule has 2 amide bonds. The van der Waals surface area contributed by atoms with Gasteiger partial charge in [-0.25, -0.2) is 4.98 Å². The maximum Gasteiger partial charge on any atom is 0.270 e. The minimum absolute atomic E-state index is 0.0149. The van der Waals surface area contributed by atoms with E-state index in [0.717, 1.165) is 10.6 Å². The molecule has 1 aliphatic heterocycles. The number of aromatic nitrogens is 1. The molecule has 7 heteroatoms. The highest BCUT2D eigenvalue weighted by molar-refractivity contribution is 7.17. The van der Waals surface area contributed by atoms with Gasteiger partial charge >= 0.3 is 0 Å². The zero-order valence-electron chi connectivity index (χ0n) is 12.8. The van der Waals surface area contributed by atoms with Gasteiger partial charge in [0.15, 0.2) is 0 Å². The number of aryl methyl sites for hydroxylation is 1. The number of hydrogen-bond donors (Lipinski definition) is 1. The molecular weight excluding hydrogens is 342 g/mol. The van der Waals surface area contributed by atoms with Crippen molar-refractivity contribution in [2.75, 3.05) is 16.8 Å².